The number of nitrogens with zero attached hydrogens (tertiary/aromatic N) is 3. The van der Waals surface area contributed by atoms with E-state index in [1.165, 1.54) is 68.1 Å². The van der Waals surface area contributed by atoms with Gasteiger partial charge in [-0.15, -0.1) is 0 Å². The number of aromatic nitrogens is 2. The maximum absolute atomic E-state index is 14.4. The Balaban J connectivity index is 0.000000440. The van der Waals surface area contributed by atoms with E-state index < -0.39 is 0 Å². The zero-order valence-corrected chi connectivity index (χ0v) is 32.3. The standard InChI is InChI=1S/C22H30FN3.C13H24.C5H12.C2H6/c1-15(2)22(6)9-11-25(12-10-22)14-19-17(4)24-26(18(19)5)21-8-7-16(3)13-20(21)23;1-10(2)11(3)12(4)13-8-6-5-7-9-13;1-3-5-4-2;1-2/h7-8,13H,1,9-12,14H2,2-6H3;11-13H,1,5-9H2,2-4H3;3-5H2,1-2H3;1-2H3. The Morgan fingerprint density at radius 3 is 2.00 bits per heavy atom. The van der Waals surface area contributed by atoms with Gasteiger partial charge < -0.3 is 0 Å². The summed E-state index contributed by atoms with van der Waals surface area (Å²) < 4.78 is 16.1. The van der Waals surface area contributed by atoms with Gasteiger partial charge in [-0.1, -0.05) is 130 Å². The van der Waals surface area contributed by atoms with Crippen LogP contribution >= 0.6 is 0 Å². The first-order chi connectivity index (χ1) is 21.7. The summed E-state index contributed by atoms with van der Waals surface area (Å²) in [5.74, 6) is 2.30. The molecule has 2 aromatic rings. The maximum atomic E-state index is 14.4. The number of hydrogen-bond acceptors (Lipinski definition) is 2. The van der Waals surface area contributed by atoms with Crippen LogP contribution in [0.5, 0.6) is 0 Å². The van der Waals surface area contributed by atoms with E-state index in [1.807, 2.05) is 46.8 Å². The Labute approximate surface area is 285 Å². The molecule has 0 amide bonds. The second-order valence-corrected chi connectivity index (χ2v) is 14.4. The highest BCUT2D eigenvalue weighted by Crippen LogP contribution is 2.38. The molecule has 1 aromatic heterocycles. The number of aryl methyl sites for hydroxylation is 2. The summed E-state index contributed by atoms with van der Waals surface area (Å²) in [4.78, 5) is 2.48. The number of rotatable bonds is 9. The van der Waals surface area contributed by atoms with Gasteiger partial charge in [0.05, 0.1) is 5.69 Å². The van der Waals surface area contributed by atoms with E-state index in [0.717, 1.165) is 61.3 Å². The van der Waals surface area contributed by atoms with E-state index >= 15 is 0 Å². The average molecular weight is 638 g/mol. The fourth-order valence-electron chi connectivity index (χ4n) is 6.65. The summed E-state index contributed by atoms with van der Waals surface area (Å²) in [5, 5.41) is 4.63. The van der Waals surface area contributed by atoms with Crippen molar-refractivity contribution in [2.45, 2.75) is 154 Å². The lowest BCUT2D eigenvalue weighted by Crippen LogP contribution is -2.38. The Morgan fingerprint density at radius 2 is 1.54 bits per heavy atom. The molecule has 1 aliphatic heterocycles. The molecule has 1 saturated carbocycles. The zero-order chi connectivity index (χ0) is 35.0. The Kier molecular flexibility index (Phi) is 19.0. The van der Waals surface area contributed by atoms with Gasteiger partial charge in [0.1, 0.15) is 11.5 Å². The number of piperidine rings is 1. The van der Waals surface area contributed by atoms with Crippen LogP contribution in [0, 0.1) is 49.8 Å². The van der Waals surface area contributed by atoms with Crippen molar-refractivity contribution in [2.75, 3.05) is 13.1 Å². The predicted octanol–water partition coefficient (Wildman–Crippen LogP) is 12.8. The molecule has 1 aromatic carbocycles. The van der Waals surface area contributed by atoms with Gasteiger partial charge in [-0.05, 0) is 101 Å². The van der Waals surface area contributed by atoms with Crippen LogP contribution in [0.3, 0.4) is 0 Å². The molecule has 46 heavy (non-hydrogen) atoms. The Morgan fingerprint density at radius 1 is 0.978 bits per heavy atom. The molecule has 2 fully saturated rings. The molecule has 0 radical (unpaired) electrons. The number of likely N-dealkylation sites (tertiary alicyclic amines) is 1. The number of allylic oxidation sites excluding steroid dienone is 2. The summed E-state index contributed by atoms with van der Waals surface area (Å²) >= 11 is 0. The van der Waals surface area contributed by atoms with Crippen molar-refractivity contribution in [1.82, 2.24) is 14.7 Å². The highest BCUT2D eigenvalue weighted by atomic mass is 19.1. The fourth-order valence-corrected chi connectivity index (χ4v) is 6.65. The van der Waals surface area contributed by atoms with Crippen LogP contribution in [0.4, 0.5) is 4.39 Å². The van der Waals surface area contributed by atoms with Crippen LogP contribution in [0.1, 0.15) is 149 Å². The molecular weight excluding hydrogens is 565 g/mol. The molecule has 1 saturated heterocycles. The highest BCUT2D eigenvalue weighted by molar-refractivity contribution is 5.40. The zero-order valence-electron chi connectivity index (χ0n) is 32.3. The Bertz CT molecular complexity index is 1180. The van der Waals surface area contributed by atoms with Crippen LogP contribution in [-0.4, -0.2) is 27.8 Å². The SMILES string of the molecule is C=C(C)C(C)C(C)C1CCCCC1.C=C(C)C1(C)CCN(Cc2c(C)nn(-c3ccc(C)cc3F)c2C)CC1.CC.CCCCC. The van der Waals surface area contributed by atoms with Crippen molar-refractivity contribution < 1.29 is 4.39 Å². The van der Waals surface area contributed by atoms with E-state index in [1.54, 1.807) is 10.7 Å². The molecule has 2 aliphatic rings. The van der Waals surface area contributed by atoms with Crippen molar-refractivity contribution >= 4 is 0 Å². The number of unbranched alkanes of at least 4 members (excludes halogenated alkanes) is 2. The van der Waals surface area contributed by atoms with Crippen LogP contribution in [0.25, 0.3) is 5.69 Å². The van der Waals surface area contributed by atoms with E-state index in [0.29, 0.717) is 11.6 Å². The monoisotopic (exact) mass is 638 g/mol. The predicted molar refractivity (Wildman–Crippen MR) is 201 cm³/mol. The van der Waals surface area contributed by atoms with Gasteiger partial charge >= 0.3 is 0 Å². The summed E-state index contributed by atoms with van der Waals surface area (Å²) in [7, 11) is 0. The summed E-state index contributed by atoms with van der Waals surface area (Å²) in [6.07, 6.45) is 13.6. The molecule has 0 spiro atoms. The Hall–Kier alpha value is -2.20. The molecule has 2 atom stereocenters. The minimum absolute atomic E-state index is 0.225. The molecule has 4 rings (SSSR count). The van der Waals surface area contributed by atoms with Crippen molar-refractivity contribution in [3.8, 4) is 5.69 Å². The molecule has 0 N–H and O–H groups in total. The van der Waals surface area contributed by atoms with Gasteiger partial charge in [0, 0.05) is 17.8 Å². The fraction of sp³-hybridized carbons (Fsp3) is 0.690. The maximum Gasteiger partial charge on any atom is 0.149 e. The van der Waals surface area contributed by atoms with Gasteiger partial charge in [-0.2, -0.15) is 5.10 Å². The third-order valence-electron chi connectivity index (χ3n) is 10.8. The molecular formula is C42H72FN3. The minimum Gasteiger partial charge on any atom is -0.299 e. The molecule has 2 unspecified atom stereocenters. The van der Waals surface area contributed by atoms with Gasteiger partial charge in [0.15, 0.2) is 0 Å². The summed E-state index contributed by atoms with van der Waals surface area (Å²) in [6, 6.07) is 5.30. The lowest BCUT2D eigenvalue weighted by molar-refractivity contribution is 0.138. The first-order valence-corrected chi connectivity index (χ1v) is 18.6. The second-order valence-electron chi connectivity index (χ2n) is 14.4. The second kappa shape index (κ2) is 20.9. The molecule has 2 heterocycles. The third-order valence-corrected chi connectivity index (χ3v) is 10.8. The van der Waals surface area contributed by atoms with Gasteiger partial charge in [-0.3, -0.25) is 4.90 Å². The summed E-state index contributed by atoms with van der Waals surface area (Å²) in [5.41, 5.74) is 7.57. The van der Waals surface area contributed by atoms with Crippen LogP contribution in [-0.2, 0) is 6.54 Å². The molecule has 1 aliphatic carbocycles. The number of hydrogen-bond donors (Lipinski definition) is 0. The van der Waals surface area contributed by atoms with Gasteiger partial charge in [0.25, 0.3) is 0 Å². The largest absolute Gasteiger partial charge is 0.299 e. The van der Waals surface area contributed by atoms with Crippen molar-refractivity contribution in [3.63, 3.8) is 0 Å². The minimum atomic E-state index is -0.225. The van der Waals surface area contributed by atoms with Crippen molar-refractivity contribution in [3.05, 3.63) is 70.8 Å². The average Bonchev–Trinajstić information content (AvgIpc) is 3.31. The van der Waals surface area contributed by atoms with Crippen LogP contribution in [0.2, 0.25) is 0 Å². The lowest BCUT2D eigenvalue weighted by atomic mass is 9.74. The molecule has 4 heteroatoms. The third kappa shape index (κ3) is 12.4. The summed E-state index contributed by atoms with van der Waals surface area (Å²) in [6.45, 7) is 37.0. The topological polar surface area (TPSA) is 21.1 Å². The first kappa shape index (κ1) is 41.8. The van der Waals surface area contributed by atoms with Crippen molar-refractivity contribution in [1.29, 1.82) is 0 Å². The highest BCUT2D eigenvalue weighted by Gasteiger charge is 2.31. The molecule has 262 valence electrons. The van der Waals surface area contributed by atoms with E-state index in [-0.39, 0.29) is 11.2 Å². The van der Waals surface area contributed by atoms with Crippen LogP contribution < -0.4 is 0 Å². The molecule has 3 nitrogen and oxygen atoms in total. The number of halogens is 1. The smallest absolute Gasteiger partial charge is 0.149 e. The van der Waals surface area contributed by atoms with Gasteiger partial charge in [-0.25, -0.2) is 9.07 Å². The van der Waals surface area contributed by atoms with E-state index in [9.17, 15) is 4.39 Å². The molecule has 0 bridgehead atoms. The van der Waals surface area contributed by atoms with Crippen molar-refractivity contribution in [2.24, 2.45) is 23.2 Å². The van der Waals surface area contributed by atoms with E-state index in [4.69, 9.17) is 0 Å². The van der Waals surface area contributed by atoms with Crippen LogP contribution in [0.15, 0.2) is 42.5 Å². The lowest BCUT2D eigenvalue weighted by Gasteiger charge is -2.40. The van der Waals surface area contributed by atoms with E-state index in [2.05, 4.69) is 71.6 Å². The van der Waals surface area contributed by atoms with Gasteiger partial charge in [0.2, 0.25) is 0 Å². The quantitative estimate of drug-likeness (QED) is 0.255. The number of benzene rings is 1. The normalized spacial score (nSPS) is 17.7. The first-order valence-electron chi connectivity index (χ1n) is 18.6.